The van der Waals surface area contributed by atoms with Crippen molar-refractivity contribution in [2.75, 3.05) is 26.4 Å². The fraction of sp³-hybridized carbons (Fsp3) is 0.362. The average Bonchev–Trinajstić information content (AvgIpc) is 3.72. The monoisotopic (exact) mass is 812 g/mol. The zero-order valence-electron chi connectivity index (χ0n) is 35.0. The second kappa shape index (κ2) is 22.2. The van der Waals surface area contributed by atoms with Crippen molar-refractivity contribution < 1.29 is 23.4 Å². The Morgan fingerprint density at radius 2 is 1.36 bits per heavy atom. The highest BCUT2D eigenvalue weighted by Gasteiger charge is 2.37. The summed E-state index contributed by atoms with van der Waals surface area (Å²) in [5.74, 6) is 5.75. The Morgan fingerprint density at radius 3 is 1.95 bits per heavy atom. The summed E-state index contributed by atoms with van der Waals surface area (Å²) in [6.45, 7) is 14.1. The van der Waals surface area contributed by atoms with E-state index >= 15 is 0 Å². The van der Waals surface area contributed by atoms with Gasteiger partial charge in [-0.2, -0.15) is 0 Å². The summed E-state index contributed by atoms with van der Waals surface area (Å²) in [5.41, 5.74) is 13.4. The van der Waals surface area contributed by atoms with Crippen LogP contribution in [0.15, 0.2) is 108 Å². The number of benzene rings is 4. The van der Waals surface area contributed by atoms with Gasteiger partial charge in [0.1, 0.15) is 28.7 Å². The largest absolute Gasteiger partial charge is 0.494 e. The molecule has 0 spiro atoms. The van der Waals surface area contributed by atoms with E-state index in [1.807, 2.05) is 85.1 Å². The first-order chi connectivity index (χ1) is 28.5. The highest BCUT2D eigenvalue weighted by Crippen LogP contribution is 2.37. The summed E-state index contributed by atoms with van der Waals surface area (Å²) in [4.78, 5) is 2.83. The summed E-state index contributed by atoms with van der Waals surface area (Å²) in [6, 6.07) is 30.9. The van der Waals surface area contributed by atoms with Crippen molar-refractivity contribution >= 4 is 25.7 Å². The Hall–Kier alpha value is -5.99. The number of allylic oxidation sites excluding steroid dienone is 1. The molecule has 0 aliphatic rings. The molecule has 0 unspecified atom stereocenters. The van der Waals surface area contributed by atoms with Crippen molar-refractivity contribution in [2.24, 2.45) is 5.11 Å². The van der Waals surface area contributed by atoms with Crippen molar-refractivity contribution in [2.45, 2.75) is 84.0 Å². The minimum absolute atomic E-state index is 0.110. The number of unbranched alkanes of at least 4 members (excludes halogenated alkanes) is 4. The minimum atomic E-state index is -1.95. The summed E-state index contributed by atoms with van der Waals surface area (Å²) in [7, 11) is -1.95. The molecule has 5 rings (SSSR count). The zero-order valence-corrected chi connectivity index (χ0v) is 36.0. The Bertz CT molecular complexity index is 2200. The maximum Gasteiger partial charge on any atom is 0.192 e. The molecule has 12 heteroatoms. The molecule has 0 N–H and O–H groups in total. The second-order valence-electron chi connectivity index (χ2n) is 15.7. The molecule has 0 bridgehead atoms. The van der Waals surface area contributed by atoms with Crippen molar-refractivity contribution in [1.82, 2.24) is 15.0 Å². The number of nitrogens with zero attached hydrogens (tertiary/aromatic N) is 6. The van der Waals surface area contributed by atoms with E-state index in [0.717, 1.165) is 72.6 Å². The van der Waals surface area contributed by atoms with Crippen molar-refractivity contribution in [3.8, 4) is 41.0 Å². The van der Waals surface area contributed by atoms with Gasteiger partial charge in [0.15, 0.2) is 8.32 Å². The Balaban J connectivity index is 1.06. The molecule has 0 aliphatic carbocycles. The first-order valence-corrected chi connectivity index (χ1v) is 23.1. The molecule has 4 aromatic carbocycles. The van der Waals surface area contributed by atoms with Crippen molar-refractivity contribution in [3.05, 3.63) is 131 Å². The maximum atomic E-state index is 8.66. The first-order valence-electron chi connectivity index (χ1n) is 20.2. The van der Waals surface area contributed by atoms with Crippen LogP contribution in [0.2, 0.25) is 18.1 Å². The topological polar surface area (TPSA) is 126 Å². The highest BCUT2D eigenvalue weighted by molar-refractivity contribution is 6.74. The van der Waals surface area contributed by atoms with E-state index in [4.69, 9.17) is 35.3 Å². The predicted molar refractivity (Wildman–Crippen MR) is 238 cm³/mol. The third-order valence-electron chi connectivity index (χ3n) is 10.1. The molecule has 0 radical (unpaired) electrons. The molecule has 1 aromatic heterocycles. The lowest BCUT2D eigenvalue weighted by Gasteiger charge is -2.36. The quantitative estimate of drug-likeness (QED) is 0.0160. The highest BCUT2D eigenvalue weighted by atomic mass is 28.4. The molecule has 0 fully saturated rings. The van der Waals surface area contributed by atoms with Crippen LogP contribution < -0.4 is 18.9 Å². The van der Waals surface area contributed by atoms with Gasteiger partial charge in [-0.25, -0.2) is 4.68 Å². The molecule has 0 saturated carbocycles. The molecule has 5 aromatic rings. The molecule has 59 heavy (non-hydrogen) atoms. The number of ether oxygens (including phenoxy) is 4. The van der Waals surface area contributed by atoms with Crippen LogP contribution in [0.5, 0.6) is 23.0 Å². The van der Waals surface area contributed by atoms with Crippen LogP contribution in [-0.4, -0.2) is 49.7 Å². The lowest BCUT2D eigenvalue weighted by Crippen LogP contribution is -2.40. The van der Waals surface area contributed by atoms with Crippen molar-refractivity contribution in [3.63, 3.8) is 0 Å². The van der Waals surface area contributed by atoms with Crippen LogP contribution in [0.25, 0.3) is 27.8 Å². The van der Waals surface area contributed by atoms with Gasteiger partial charge in [0.05, 0.1) is 50.5 Å². The van der Waals surface area contributed by atoms with E-state index in [0.29, 0.717) is 55.7 Å². The van der Waals surface area contributed by atoms with Crippen LogP contribution in [0.1, 0.15) is 76.1 Å². The molecular formula is C47H56N6O5Si. The summed E-state index contributed by atoms with van der Waals surface area (Å²) < 4.78 is 32.7. The molecule has 0 aliphatic heterocycles. The van der Waals surface area contributed by atoms with Gasteiger partial charge >= 0.3 is 0 Å². The molecular weight excluding hydrogens is 757 g/mol. The van der Waals surface area contributed by atoms with Gasteiger partial charge in [-0.1, -0.05) is 85.6 Å². The Kier molecular flexibility index (Phi) is 16.6. The molecule has 0 atom stereocenters. The number of aromatic nitrogens is 3. The zero-order chi connectivity index (χ0) is 41.9. The molecule has 1 heterocycles. The van der Waals surface area contributed by atoms with E-state index in [2.05, 4.69) is 72.3 Å². The predicted octanol–water partition coefficient (Wildman–Crippen LogP) is 12.2. The van der Waals surface area contributed by atoms with E-state index in [1.54, 1.807) is 16.8 Å². The van der Waals surface area contributed by atoms with Crippen LogP contribution >= 0.6 is 0 Å². The first kappa shape index (κ1) is 44.1. The van der Waals surface area contributed by atoms with Crippen LogP contribution in [0.4, 0.5) is 5.69 Å². The summed E-state index contributed by atoms with van der Waals surface area (Å²) in [5, 5.41) is 12.4. The smallest absolute Gasteiger partial charge is 0.192 e. The van der Waals surface area contributed by atoms with Gasteiger partial charge in [-0.3, -0.25) is 0 Å². The summed E-state index contributed by atoms with van der Waals surface area (Å²) >= 11 is 0. The number of azide groups is 1. The van der Waals surface area contributed by atoms with Crippen LogP contribution in [-0.2, 0) is 11.0 Å². The molecule has 0 amide bonds. The van der Waals surface area contributed by atoms with Gasteiger partial charge in [0.2, 0.25) is 0 Å². The van der Waals surface area contributed by atoms with Crippen LogP contribution in [0, 0.1) is 12.3 Å². The van der Waals surface area contributed by atoms with Gasteiger partial charge in [-0.15, -0.1) is 11.5 Å². The van der Waals surface area contributed by atoms with Gasteiger partial charge in [-0.05, 0) is 116 Å². The fourth-order valence-electron chi connectivity index (χ4n) is 5.70. The van der Waals surface area contributed by atoms with Crippen molar-refractivity contribution in [1.29, 1.82) is 0 Å². The maximum absolute atomic E-state index is 8.66. The van der Waals surface area contributed by atoms with E-state index < -0.39 is 8.32 Å². The molecule has 308 valence electrons. The molecule has 0 saturated heterocycles. The number of terminal acetylenes is 1. The Morgan fingerprint density at radius 1 is 0.763 bits per heavy atom. The normalized spacial score (nSPS) is 11.7. The van der Waals surface area contributed by atoms with Gasteiger partial charge < -0.3 is 23.4 Å². The third-order valence-corrected chi connectivity index (χ3v) is 14.6. The minimum Gasteiger partial charge on any atom is -0.494 e. The second-order valence-corrected chi connectivity index (χ2v) is 20.5. The van der Waals surface area contributed by atoms with E-state index in [-0.39, 0.29) is 5.04 Å². The lowest BCUT2D eigenvalue weighted by atomic mass is 10.1. The fourth-order valence-corrected chi connectivity index (χ4v) is 6.67. The van der Waals surface area contributed by atoms with E-state index in [9.17, 15) is 0 Å². The summed E-state index contributed by atoms with van der Waals surface area (Å²) in [6.07, 6.45) is 15.0. The third kappa shape index (κ3) is 14.4. The number of hydrogen-bond donors (Lipinski definition) is 0. The SMILES string of the molecule is C#C/C(=C/c1ccccc1)c1cn(-c2cccc(OCCCCCOc3cc(CO[Si](C)(C)C(C)(C)C)cc(OCCCCCOc4cccc(N=[N+]=[N-])c4)c3)c2)nn1. The van der Waals surface area contributed by atoms with Gasteiger partial charge in [0, 0.05) is 22.7 Å². The number of rotatable bonds is 23. The van der Waals surface area contributed by atoms with Crippen LogP contribution in [0.3, 0.4) is 0 Å². The lowest BCUT2D eigenvalue weighted by molar-refractivity contribution is 0.263. The molecule has 11 nitrogen and oxygen atoms in total. The van der Waals surface area contributed by atoms with E-state index in [1.165, 1.54) is 0 Å². The average molecular weight is 813 g/mol. The Labute approximate surface area is 350 Å². The number of hydrogen-bond acceptors (Lipinski definition) is 8. The van der Waals surface area contributed by atoms with Gasteiger partial charge in [0.25, 0.3) is 0 Å². The standard InChI is InChI=1S/C47H56N6O5Si/c1-7-39(29-37-19-11-8-12-20-37)46-35-53(52-50-46)41-22-18-24-43(33-41)55-26-14-10-16-28-57-45-31-38(36-58-59(5,6)47(2,3)4)30-44(34-45)56-27-15-9-13-25-54-42-23-17-21-40(32-42)49-51-48/h1,8,11-12,17-24,29-35H,9-10,13-16,25-28,36H2,2-6H3/b39-29-.